The van der Waals surface area contributed by atoms with Crippen LogP contribution in [0, 0.1) is 25.2 Å². The van der Waals surface area contributed by atoms with Gasteiger partial charge >= 0.3 is 0 Å². The number of nitrogens with zero attached hydrogens (tertiary/aromatic N) is 1. The Hall–Kier alpha value is -4.36. The molecule has 0 atom stereocenters. The molecule has 0 unspecified atom stereocenters. The summed E-state index contributed by atoms with van der Waals surface area (Å²) >= 11 is 0. The number of carbonyl (C=O) groups is 1. The zero-order valence-corrected chi connectivity index (χ0v) is 18.6. The predicted octanol–water partition coefficient (Wildman–Crippen LogP) is 6.58. The lowest BCUT2D eigenvalue weighted by Crippen LogP contribution is -2.13. The normalized spacial score (nSPS) is 11.1. The third-order valence-electron chi connectivity index (χ3n) is 5.61. The van der Waals surface area contributed by atoms with Crippen molar-refractivity contribution in [2.24, 2.45) is 0 Å². The van der Waals surface area contributed by atoms with Gasteiger partial charge in [0.2, 0.25) is 0 Å². The average Bonchev–Trinajstić information content (AvgIpc) is 2.84. The maximum absolute atomic E-state index is 12.7. The Morgan fingerprint density at radius 3 is 2.52 bits per heavy atom. The SMILES string of the molecule is Cc1ccc(NC(=O)/C(C#N)=C/c2ccccc2OCc2cccc3ccccc23)cc1C. The van der Waals surface area contributed by atoms with Gasteiger partial charge in [-0.1, -0.05) is 66.7 Å². The monoisotopic (exact) mass is 432 g/mol. The van der Waals surface area contributed by atoms with Gasteiger partial charge in [0.25, 0.3) is 5.91 Å². The van der Waals surface area contributed by atoms with Crippen LogP contribution in [0.4, 0.5) is 5.69 Å². The van der Waals surface area contributed by atoms with E-state index in [4.69, 9.17) is 4.74 Å². The summed E-state index contributed by atoms with van der Waals surface area (Å²) in [6.07, 6.45) is 1.56. The number of rotatable bonds is 6. The van der Waals surface area contributed by atoms with Crippen molar-refractivity contribution in [3.05, 3.63) is 113 Å². The number of carbonyl (C=O) groups excluding carboxylic acids is 1. The second-order valence-corrected chi connectivity index (χ2v) is 7.89. The molecule has 1 N–H and O–H groups in total. The first kappa shape index (κ1) is 21.9. The fraction of sp³-hybridized carbons (Fsp3) is 0.103. The molecule has 0 saturated carbocycles. The number of benzene rings is 4. The highest BCUT2D eigenvalue weighted by Crippen LogP contribution is 2.25. The molecule has 0 spiro atoms. The minimum atomic E-state index is -0.454. The molecule has 4 rings (SSSR count). The van der Waals surface area contributed by atoms with E-state index in [0.29, 0.717) is 23.6 Å². The Labute approximate surface area is 193 Å². The minimum absolute atomic E-state index is 0.00874. The van der Waals surface area contributed by atoms with Crippen molar-refractivity contribution in [1.29, 1.82) is 5.26 Å². The first-order chi connectivity index (χ1) is 16.0. The van der Waals surface area contributed by atoms with Gasteiger partial charge in [-0.25, -0.2) is 0 Å². The van der Waals surface area contributed by atoms with Crippen LogP contribution in [0.15, 0.2) is 90.5 Å². The number of amides is 1. The van der Waals surface area contributed by atoms with Crippen LogP contribution in [0.25, 0.3) is 16.8 Å². The standard InChI is InChI=1S/C29H24N2O2/c1-20-14-15-26(16-21(20)2)31-29(32)25(18-30)17-23-9-4-6-13-28(23)33-19-24-11-7-10-22-8-3-5-12-27(22)24/h3-17H,19H2,1-2H3,(H,31,32)/b25-17+. The second-order valence-electron chi connectivity index (χ2n) is 7.89. The van der Waals surface area contributed by atoms with Crippen LogP contribution in [0.5, 0.6) is 5.75 Å². The van der Waals surface area contributed by atoms with Gasteiger partial charge in [0.05, 0.1) is 0 Å². The van der Waals surface area contributed by atoms with Gasteiger partial charge in [0.1, 0.15) is 24.0 Å². The van der Waals surface area contributed by atoms with Crippen molar-refractivity contribution in [3.8, 4) is 11.8 Å². The zero-order valence-electron chi connectivity index (χ0n) is 18.6. The summed E-state index contributed by atoms with van der Waals surface area (Å²) in [6.45, 7) is 4.37. The molecule has 33 heavy (non-hydrogen) atoms. The van der Waals surface area contributed by atoms with Gasteiger partial charge in [-0.15, -0.1) is 0 Å². The first-order valence-electron chi connectivity index (χ1n) is 10.7. The molecule has 0 fully saturated rings. The molecule has 0 radical (unpaired) electrons. The third-order valence-corrected chi connectivity index (χ3v) is 5.61. The lowest BCUT2D eigenvalue weighted by atomic mass is 10.1. The lowest BCUT2D eigenvalue weighted by molar-refractivity contribution is -0.112. The Kier molecular flexibility index (Phi) is 6.52. The van der Waals surface area contributed by atoms with Gasteiger partial charge in [-0.2, -0.15) is 5.26 Å². The molecule has 4 heteroatoms. The van der Waals surface area contributed by atoms with Gasteiger partial charge in [-0.05, 0) is 65.6 Å². The van der Waals surface area contributed by atoms with Gasteiger partial charge in [0, 0.05) is 11.3 Å². The molecule has 0 bridgehead atoms. The number of nitrogens with one attached hydrogen (secondary N) is 1. The van der Waals surface area contributed by atoms with Crippen molar-refractivity contribution < 1.29 is 9.53 Å². The summed E-state index contributed by atoms with van der Waals surface area (Å²) in [5.74, 6) is 0.154. The van der Waals surface area contributed by atoms with E-state index in [1.807, 2.05) is 86.6 Å². The number of fused-ring (bicyclic) bond motifs is 1. The van der Waals surface area contributed by atoms with E-state index >= 15 is 0 Å². The summed E-state index contributed by atoms with van der Waals surface area (Å²) in [5, 5.41) is 14.7. The molecule has 0 aliphatic heterocycles. The maximum Gasteiger partial charge on any atom is 0.266 e. The van der Waals surface area contributed by atoms with Crippen molar-refractivity contribution >= 4 is 28.4 Å². The minimum Gasteiger partial charge on any atom is -0.488 e. The van der Waals surface area contributed by atoms with Gasteiger partial charge in [-0.3, -0.25) is 4.79 Å². The third kappa shape index (κ3) is 5.11. The lowest BCUT2D eigenvalue weighted by Gasteiger charge is -2.12. The molecular formula is C29H24N2O2. The molecule has 4 nitrogen and oxygen atoms in total. The molecule has 4 aromatic carbocycles. The number of para-hydroxylation sites is 1. The Morgan fingerprint density at radius 2 is 1.70 bits per heavy atom. The van der Waals surface area contributed by atoms with Crippen molar-refractivity contribution in [1.82, 2.24) is 0 Å². The quantitative estimate of drug-likeness (QED) is 0.276. The molecule has 162 valence electrons. The molecule has 1 amide bonds. The van der Waals surface area contributed by atoms with Crippen LogP contribution >= 0.6 is 0 Å². The smallest absolute Gasteiger partial charge is 0.266 e. The Balaban J connectivity index is 1.55. The van der Waals surface area contributed by atoms with Crippen LogP contribution in [0.1, 0.15) is 22.3 Å². The van der Waals surface area contributed by atoms with Crippen molar-refractivity contribution in [2.45, 2.75) is 20.5 Å². The van der Waals surface area contributed by atoms with Gasteiger partial charge in [0.15, 0.2) is 0 Å². The summed E-state index contributed by atoms with van der Waals surface area (Å²) in [7, 11) is 0. The Bertz CT molecular complexity index is 1390. The molecule has 0 aliphatic rings. The highest BCUT2D eigenvalue weighted by atomic mass is 16.5. The van der Waals surface area contributed by atoms with E-state index in [1.165, 1.54) is 0 Å². The molecular weight excluding hydrogens is 408 g/mol. The van der Waals surface area contributed by atoms with E-state index < -0.39 is 5.91 Å². The number of ether oxygens (including phenoxy) is 1. The molecule has 0 aromatic heterocycles. The number of anilines is 1. The fourth-order valence-corrected chi connectivity index (χ4v) is 3.63. The van der Waals surface area contributed by atoms with Crippen LogP contribution in [-0.4, -0.2) is 5.91 Å². The highest BCUT2D eigenvalue weighted by molar-refractivity contribution is 6.09. The average molecular weight is 433 g/mol. The second kappa shape index (κ2) is 9.84. The largest absolute Gasteiger partial charge is 0.488 e. The van der Waals surface area contributed by atoms with E-state index in [9.17, 15) is 10.1 Å². The number of hydrogen-bond acceptors (Lipinski definition) is 3. The van der Waals surface area contributed by atoms with Crippen LogP contribution < -0.4 is 10.1 Å². The van der Waals surface area contributed by atoms with E-state index in [2.05, 4.69) is 23.5 Å². The number of nitriles is 1. The van der Waals surface area contributed by atoms with E-state index in [-0.39, 0.29) is 5.57 Å². The maximum atomic E-state index is 12.7. The summed E-state index contributed by atoms with van der Waals surface area (Å²) in [6, 6.07) is 29.4. The fourth-order valence-electron chi connectivity index (χ4n) is 3.63. The van der Waals surface area contributed by atoms with Crippen LogP contribution in [0.3, 0.4) is 0 Å². The molecule has 4 aromatic rings. The van der Waals surface area contributed by atoms with Crippen molar-refractivity contribution in [3.63, 3.8) is 0 Å². The molecule has 0 heterocycles. The topological polar surface area (TPSA) is 62.1 Å². The summed E-state index contributed by atoms with van der Waals surface area (Å²) in [5.41, 5.74) is 4.62. The van der Waals surface area contributed by atoms with Crippen LogP contribution in [-0.2, 0) is 11.4 Å². The molecule has 0 aliphatic carbocycles. The summed E-state index contributed by atoms with van der Waals surface area (Å²) < 4.78 is 6.12. The van der Waals surface area contributed by atoms with Crippen LogP contribution in [0.2, 0.25) is 0 Å². The van der Waals surface area contributed by atoms with Gasteiger partial charge < -0.3 is 10.1 Å². The van der Waals surface area contributed by atoms with Crippen molar-refractivity contribution in [2.75, 3.05) is 5.32 Å². The first-order valence-corrected chi connectivity index (χ1v) is 10.7. The predicted molar refractivity (Wildman–Crippen MR) is 133 cm³/mol. The highest BCUT2D eigenvalue weighted by Gasteiger charge is 2.12. The molecule has 0 saturated heterocycles. The number of aryl methyl sites for hydroxylation is 2. The van der Waals surface area contributed by atoms with E-state index in [0.717, 1.165) is 27.5 Å². The number of hydrogen-bond donors (Lipinski definition) is 1. The Morgan fingerprint density at radius 1 is 0.939 bits per heavy atom. The van der Waals surface area contributed by atoms with E-state index in [1.54, 1.807) is 6.08 Å². The zero-order chi connectivity index (χ0) is 23.2. The summed E-state index contributed by atoms with van der Waals surface area (Å²) in [4.78, 5) is 12.7.